The van der Waals surface area contributed by atoms with E-state index in [-0.39, 0.29) is 10.8 Å². The lowest BCUT2D eigenvalue weighted by Gasteiger charge is -2.20. The molecule has 0 bridgehead atoms. The molecule has 1 rings (SSSR count). The fraction of sp³-hybridized carbons (Fsp3) is 0.545. The Morgan fingerprint density at radius 3 is 2.65 bits per heavy atom. The Balaban J connectivity index is 3.13. The number of hydrogen-bond donors (Lipinski definition) is 1. The van der Waals surface area contributed by atoms with Crippen LogP contribution in [0.5, 0.6) is 0 Å². The van der Waals surface area contributed by atoms with Crippen molar-refractivity contribution in [3.63, 3.8) is 0 Å². The molecule has 0 aliphatic rings. The highest BCUT2D eigenvalue weighted by Gasteiger charge is 2.24. The molecule has 0 radical (unpaired) electrons. The van der Waals surface area contributed by atoms with Crippen LogP contribution in [0.3, 0.4) is 0 Å². The Morgan fingerprint density at radius 2 is 2.12 bits per heavy atom. The van der Waals surface area contributed by atoms with E-state index in [1.165, 1.54) is 4.31 Å². The molecule has 0 aromatic carbocycles. The fourth-order valence-corrected chi connectivity index (χ4v) is 3.05. The third kappa shape index (κ3) is 3.17. The van der Waals surface area contributed by atoms with E-state index in [0.29, 0.717) is 12.4 Å². The van der Waals surface area contributed by atoms with Crippen LogP contribution in [0.4, 0.5) is 5.82 Å². The lowest BCUT2D eigenvalue weighted by atomic mass is 10.2. The molecule has 0 spiro atoms. The second-order valence-corrected chi connectivity index (χ2v) is 6.29. The van der Waals surface area contributed by atoms with Crippen LogP contribution in [0.1, 0.15) is 13.8 Å². The minimum absolute atomic E-state index is 0.214. The molecule has 0 aliphatic heterocycles. The summed E-state index contributed by atoms with van der Waals surface area (Å²) in [6, 6.07) is 3.18. The molecule has 96 valence electrons. The van der Waals surface area contributed by atoms with Gasteiger partial charge in [0, 0.05) is 26.8 Å². The Morgan fingerprint density at radius 1 is 1.47 bits per heavy atom. The molecule has 1 heterocycles. The van der Waals surface area contributed by atoms with Gasteiger partial charge in [0.1, 0.15) is 10.7 Å². The molecule has 0 aliphatic carbocycles. The standard InChI is InChI=1S/C11H19N3O2S/c1-9(2)8-14(4)17(15,16)10-6-5-7-13-11(10)12-3/h5-7,9H,8H2,1-4H3,(H,12,13). The van der Waals surface area contributed by atoms with Crippen LogP contribution in [-0.2, 0) is 10.0 Å². The van der Waals surface area contributed by atoms with Crippen LogP contribution in [-0.4, -0.2) is 38.3 Å². The number of aromatic nitrogens is 1. The fourth-order valence-electron chi connectivity index (χ4n) is 1.57. The van der Waals surface area contributed by atoms with Gasteiger partial charge in [-0.3, -0.25) is 0 Å². The van der Waals surface area contributed by atoms with Crippen LogP contribution in [0.25, 0.3) is 0 Å². The van der Waals surface area contributed by atoms with Crippen molar-refractivity contribution in [3.8, 4) is 0 Å². The van der Waals surface area contributed by atoms with Crippen molar-refractivity contribution in [1.29, 1.82) is 0 Å². The first-order valence-electron chi connectivity index (χ1n) is 5.48. The molecule has 0 fully saturated rings. The van der Waals surface area contributed by atoms with Gasteiger partial charge in [0.15, 0.2) is 0 Å². The average molecular weight is 257 g/mol. The largest absolute Gasteiger partial charge is 0.372 e. The third-order valence-corrected chi connectivity index (χ3v) is 4.17. The van der Waals surface area contributed by atoms with E-state index < -0.39 is 10.0 Å². The second-order valence-electron chi connectivity index (χ2n) is 4.28. The van der Waals surface area contributed by atoms with Gasteiger partial charge in [0.25, 0.3) is 0 Å². The quantitative estimate of drug-likeness (QED) is 0.866. The number of nitrogens with one attached hydrogen (secondary N) is 1. The molecular weight excluding hydrogens is 238 g/mol. The summed E-state index contributed by atoms with van der Waals surface area (Å²) in [4.78, 5) is 4.22. The summed E-state index contributed by atoms with van der Waals surface area (Å²) in [6.07, 6.45) is 1.56. The maximum absolute atomic E-state index is 12.3. The number of pyridine rings is 1. The SMILES string of the molecule is CNc1ncccc1S(=O)(=O)N(C)CC(C)C. The van der Waals surface area contributed by atoms with Crippen molar-refractivity contribution in [1.82, 2.24) is 9.29 Å². The molecule has 1 aromatic heterocycles. The predicted molar refractivity (Wildman–Crippen MR) is 68.4 cm³/mol. The van der Waals surface area contributed by atoms with Gasteiger partial charge in [0.2, 0.25) is 10.0 Å². The summed E-state index contributed by atoms with van der Waals surface area (Å²) in [6.45, 7) is 4.45. The molecule has 1 N–H and O–H groups in total. The summed E-state index contributed by atoms with van der Waals surface area (Å²) in [5, 5.41) is 2.79. The van der Waals surface area contributed by atoms with Gasteiger partial charge in [-0.05, 0) is 18.1 Å². The summed E-state index contributed by atoms with van der Waals surface area (Å²) in [7, 11) is -0.227. The van der Waals surface area contributed by atoms with Gasteiger partial charge in [0.05, 0.1) is 0 Å². The molecule has 0 saturated carbocycles. The van der Waals surface area contributed by atoms with Gasteiger partial charge >= 0.3 is 0 Å². The number of sulfonamides is 1. The maximum Gasteiger partial charge on any atom is 0.246 e. The first-order valence-corrected chi connectivity index (χ1v) is 6.92. The van der Waals surface area contributed by atoms with Crippen LogP contribution in [0, 0.1) is 5.92 Å². The van der Waals surface area contributed by atoms with Gasteiger partial charge in [-0.25, -0.2) is 17.7 Å². The van der Waals surface area contributed by atoms with E-state index in [9.17, 15) is 8.42 Å². The van der Waals surface area contributed by atoms with Crippen LogP contribution >= 0.6 is 0 Å². The first kappa shape index (κ1) is 13.9. The molecule has 6 heteroatoms. The van der Waals surface area contributed by atoms with Crippen LogP contribution in [0.15, 0.2) is 23.2 Å². The number of anilines is 1. The van der Waals surface area contributed by atoms with Crippen LogP contribution in [0.2, 0.25) is 0 Å². The highest BCUT2D eigenvalue weighted by molar-refractivity contribution is 7.89. The molecule has 0 saturated heterocycles. The van der Waals surface area contributed by atoms with E-state index >= 15 is 0 Å². The lowest BCUT2D eigenvalue weighted by Crippen LogP contribution is -2.31. The summed E-state index contributed by atoms with van der Waals surface area (Å²) < 4.78 is 25.9. The van der Waals surface area contributed by atoms with Crippen molar-refractivity contribution in [2.24, 2.45) is 5.92 Å². The van der Waals surface area contributed by atoms with Crippen molar-refractivity contribution in [3.05, 3.63) is 18.3 Å². The summed E-state index contributed by atoms with van der Waals surface area (Å²) in [5.41, 5.74) is 0. The van der Waals surface area contributed by atoms with Crippen molar-refractivity contribution in [2.45, 2.75) is 18.7 Å². The molecule has 5 nitrogen and oxygen atoms in total. The number of rotatable bonds is 5. The monoisotopic (exact) mass is 257 g/mol. The van der Waals surface area contributed by atoms with Crippen LogP contribution < -0.4 is 5.32 Å². The summed E-state index contributed by atoms with van der Waals surface area (Å²) >= 11 is 0. The molecule has 1 aromatic rings. The Bertz CT molecular complexity index is 471. The minimum Gasteiger partial charge on any atom is -0.372 e. The molecule has 0 amide bonds. The zero-order valence-corrected chi connectivity index (χ0v) is 11.5. The van der Waals surface area contributed by atoms with E-state index in [0.717, 1.165) is 0 Å². The molecule has 0 atom stereocenters. The predicted octanol–water partition coefficient (Wildman–Crippen LogP) is 1.40. The zero-order chi connectivity index (χ0) is 13.1. The lowest BCUT2D eigenvalue weighted by molar-refractivity contribution is 0.417. The van der Waals surface area contributed by atoms with Crippen molar-refractivity contribution in [2.75, 3.05) is 26.0 Å². The first-order chi connectivity index (χ1) is 7.89. The van der Waals surface area contributed by atoms with Crippen molar-refractivity contribution >= 4 is 15.8 Å². The van der Waals surface area contributed by atoms with E-state index in [4.69, 9.17) is 0 Å². The third-order valence-electron chi connectivity index (χ3n) is 2.32. The zero-order valence-electron chi connectivity index (χ0n) is 10.6. The van der Waals surface area contributed by atoms with Crippen molar-refractivity contribution < 1.29 is 8.42 Å². The Labute approximate surface area is 103 Å². The van der Waals surface area contributed by atoms with Gasteiger partial charge < -0.3 is 5.32 Å². The normalized spacial score (nSPS) is 12.1. The minimum atomic E-state index is -3.47. The topological polar surface area (TPSA) is 62.3 Å². The molecule has 0 unspecified atom stereocenters. The summed E-state index contributed by atoms with van der Waals surface area (Å²) in [5.74, 6) is 0.660. The second kappa shape index (κ2) is 5.46. The smallest absolute Gasteiger partial charge is 0.246 e. The van der Waals surface area contributed by atoms with Gasteiger partial charge in [-0.2, -0.15) is 0 Å². The highest BCUT2D eigenvalue weighted by Crippen LogP contribution is 2.21. The van der Waals surface area contributed by atoms with Gasteiger partial charge in [-0.1, -0.05) is 13.8 Å². The number of nitrogens with zero attached hydrogens (tertiary/aromatic N) is 2. The molecular formula is C11H19N3O2S. The van der Waals surface area contributed by atoms with E-state index in [1.54, 1.807) is 32.4 Å². The Kier molecular flexibility index (Phi) is 4.47. The van der Waals surface area contributed by atoms with Gasteiger partial charge in [-0.15, -0.1) is 0 Å². The van der Waals surface area contributed by atoms with E-state index in [1.807, 2.05) is 13.8 Å². The average Bonchev–Trinajstić information content (AvgIpc) is 2.28. The highest BCUT2D eigenvalue weighted by atomic mass is 32.2. The van der Waals surface area contributed by atoms with E-state index in [2.05, 4.69) is 10.3 Å². The number of hydrogen-bond acceptors (Lipinski definition) is 4. The Hall–Kier alpha value is -1.14. The maximum atomic E-state index is 12.3. The molecule has 17 heavy (non-hydrogen) atoms.